The Morgan fingerprint density at radius 1 is 1.38 bits per heavy atom. The van der Waals surface area contributed by atoms with Crippen LogP contribution in [0.4, 0.5) is 0 Å². The summed E-state index contributed by atoms with van der Waals surface area (Å²) in [6, 6.07) is 3.06. The van der Waals surface area contributed by atoms with Gasteiger partial charge in [0, 0.05) is 6.54 Å². The van der Waals surface area contributed by atoms with Gasteiger partial charge >= 0.3 is 5.97 Å². The van der Waals surface area contributed by atoms with Crippen LogP contribution in [0.15, 0.2) is 12.1 Å². The number of halogens is 1. The van der Waals surface area contributed by atoms with Crippen LogP contribution in [0.3, 0.4) is 0 Å². The molecular formula is C15H18ClNO4. The lowest BCUT2D eigenvalue weighted by Gasteiger charge is -2.35. The molecule has 0 aliphatic carbocycles. The van der Waals surface area contributed by atoms with E-state index >= 15 is 0 Å². The van der Waals surface area contributed by atoms with Gasteiger partial charge in [-0.05, 0) is 37.1 Å². The molecule has 21 heavy (non-hydrogen) atoms. The Hall–Kier alpha value is -1.59. The maximum Gasteiger partial charge on any atom is 0.305 e. The van der Waals surface area contributed by atoms with E-state index in [0.29, 0.717) is 23.7 Å². The van der Waals surface area contributed by atoms with E-state index in [-0.39, 0.29) is 18.9 Å². The summed E-state index contributed by atoms with van der Waals surface area (Å²) in [5.41, 5.74) is 2.41. The van der Waals surface area contributed by atoms with Crippen molar-refractivity contribution in [1.82, 2.24) is 4.90 Å². The van der Waals surface area contributed by atoms with E-state index in [9.17, 15) is 9.59 Å². The molecule has 0 spiro atoms. The fraction of sp³-hybridized carbons (Fsp3) is 0.467. The Morgan fingerprint density at radius 3 is 2.71 bits per heavy atom. The van der Waals surface area contributed by atoms with Crippen molar-refractivity contribution in [3.8, 4) is 0 Å². The smallest absolute Gasteiger partial charge is 0.305 e. The van der Waals surface area contributed by atoms with Gasteiger partial charge in [-0.25, -0.2) is 0 Å². The lowest BCUT2D eigenvalue weighted by Crippen LogP contribution is -2.49. The first-order valence-corrected chi connectivity index (χ1v) is 7.15. The Bertz CT molecular complexity index is 573. The summed E-state index contributed by atoms with van der Waals surface area (Å²) in [6.45, 7) is 4.86. The number of morpholine rings is 1. The van der Waals surface area contributed by atoms with Crippen molar-refractivity contribution in [2.75, 3.05) is 19.8 Å². The summed E-state index contributed by atoms with van der Waals surface area (Å²) in [5.74, 6) is -1.19. The van der Waals surface area contributed by atoms with E-state index in [1.54, 1.807) is 17.0 Å². The molecule has 1 N–H and O–H groups in total. The van der Waals surface area contributed by atoms with Crippen molar-refractivity contribution in [2.24, 2.45) is 0 Å². The van der Waals surface area contributed by atoms with Crippen molar-refractivity contribution in [3.63, 3.8) is 0 Å². The monoisotopic (exact) mass is 311 g/mol. The molecule has 0 bridgehead atoms. The summed E-state index contributed by atoms with van der Waals surface area (Å²) in [4.78, 5) is 25.1. The SMILES string of the molecule is Cc1cc(Cl)c(C(=O)N2CCOCC2CC(=O)O)cc1C. The number of ether oxygens (including phenoxy) is 1. The number of rotatable bonds is 3. The number of amides is 1. The van der Waals surface area contributed by atoms with Crippen LogP contribution >= 0.6 is 11.6 Å². The first-order valence-electron chi connectivity index (χ1n) is 6.77. The summed E-state index contributed by atoms with van der Waals surface area (Å²) < 4.78 is 5.28. The summed E-state index contributed by atoms with van der Waals surface area (Å²) in [6.07, 6.45) is -0.131. The summed E-state index contributed by atoms with van der Waals surface area (Å²) in [5, 5.41) is 9.34. The number of carboxylic acids is 1. The number of benzene rings is 1. The maximum atomic E-state index is 12.7. The molecule has 1 aromatic carbocycles. The van der Waals surface area contributed by atoms with Crippen LogP contribution in [-0.4, -0.2) is 47.7 Å². The number of carbonyl (C=O) groups excluding carboxylic acids is 1. The first-order chi connectivity index (χ1) is 9.90. The zero-order valence-corrected chi connectivity index (χ0v) is 12.8. The molecule has 0 saturated carbocycles. The summed E-state index contributed by atoms with van der Waals surface area (Å²) in [7, 11) is 0. The number of aliphatic carboxylic acids is 1. The molecule has 1 atom stereocenters. The number of aryl methyl sites for hydroxylation is 2. The second-order valence-corrected chi connectivity index (χ2v) is 5.65. The fourth-order valence-corrected chi connectivity index (χ4v) is 2.69. The normalized spacial score (nSPS) is 18.6. The molecule has 1 fully saturated rings. The number of hydrogen-bond acceptors (Lipinski definition) is 3. The molecule has 1 aliphatic heterocycles. The molecular weight excluding hydrogens is 294 g/mol. The van der Waals surface area contributed by atoms with Gasteiger partial charge in [-0.1, -0.05) is 11.6 Å². The topological polar surface area (TPSA) is 66.8 Å². The number of nitrogens with zero attached hydrogens (tertiary/aromatic N) is 1. The van der Waals surface area contributed by atoms with Crippen molar-refractivity contribution in [3.05, 3.63) is 33.8 Å². The van der Waals surface area contributed by atoms with Crippen LogP contribution in [0.25, 0.3) is 0 Å². The molecule has 1 saturated heterocycles. The Balaban J connectivity index is 2.28. The molecule has 6 heteroatoms. The molecule has 1 heterocycles. The lowest BCUT2D eigenvalue weighted by molar-refractivity contribution is -0.139. The van der Waals surface area contributed by atoms with Crippen LogP contribution in [0.5, 0.6) is 0 Å². The van der Waals surface area contributed by atoms with E-state index in [0.717, 1.165) is 11.1 Å². The van der Waals surface area contributed by atoms with Gasteiger partial charge < -0.3 is 14.7 Å². The van der Waals surface area contributed by atoms with E-state index < -0.39 is 12.0 Å². The number of carboxylic acid groups (broad SMARTS) is 1. The molecule has 1 amide bonds. The third-order valence-corrected chi connectivity index (χ3v) is 4.03. The van der Waals surface area contributed by atoms with E-state index in [4.69, 9.17) is 21.4 Å². The van der Waals surface area contributed by atoms with Crippen molar-refractivity contribution in [2.45, 2.75) is 26.3 Å². The molecule has 1 unspecified atom stereocenters. The maximum absolute atomic E-state index is 12.7. The highest BCUT2D eigenvalue weighted by Gasteiger charge is 2.30. The molecule has 1 aromatic rings. The third-order valence-electron chi connectivity index (χ3n) is 3.71. The Labute approximate surface area is 128 Å². The van der Waals surface area contributed by atoms with Crippen LogP contribution in [0, 0.1) is 13.8 Å². The van der Waals surface area contributed by atoms with E-state index in [1.807, 2.05) is 13.8 Å². The molecule has 5 nitrogen and oxygen atoms in total. The highest BCUT2D eigenvalue weighted by atomic mass is 35.5. The third kappa shape index (κ3) is 3.54. The predicted octanol–water partition coefficient (Wildman–Crippen LogP) is 2.27. The Morgan fingerprint density at radius 2 is 2.05 bits per heavy atom. The van der Waals surface area contributed by atoms with E-state index in [2.05, 4.69) is 0 Å². The van der Waals surface area contributed by atoms with Crippen molar-refractivity contribution in [1.29, 1.82) is 0 Å². The Kier molecular flexibility index (Phi) is 4.85. The van der Waals surface area contributed by atoms with Crippen LogP contribution in [-0.2, 0) is 9.53 Å². The molecule has 0 radical (unpaired) electrons. The largest absolute Gasteiger partial charge is 0.481 e. The second-order valence-electron chi connectivity index (χ2n) is 5.24. The van der Waals surface area contributed by atoms with Crippen molar-refractivity contribution >= 4 is 23.5 Å². The van der Waals surface area contributed by atoms with Crippen molar-refractivity contribution < 1.29 is 19.4 Å². The van der Waals surface area contributed by atoms with Gasteiger partial charge in [-0.15, -0.1) is 0 Å². The average molecular weight is 312 g/mol. The molecule has 1 aliphatic rings. The minimum absolute atomic E-state index is 0.131. The van der Waals surface area contributed by atoms with Crippen LogP contribution in [0.1, 0.15) is 27.9 Å². The minimum atomic E-state index is -0.950. The average Bonchev–Trinajstić information content (AvgIpc) is 2.42. The molecule has 0 aromatic heterocycles. The second kappa shape index (κ2) is 6.45. The van der Waals surface area contributed by atoms with Gasteiger partial charge in [0.05, 0.1) is 36.3 Å². The minimum Gasteiger partial charge on any atom is -0.481 e. The van der Waals surface area contributed by atoms with E-state index in [1.165, 1.54) is 0 Å². The van der Waals surface area contributed by atoms with Gasteiger partial charge in [-0.2, -0.15) is 0 Å². The first kappa shape index (κ1) is 15.8. The zero-order chi connectivity index (χ0) is 15.6. The zero-order valence-electron chi connectivity index (χ0n) is 12.1. The molecule has 2 rings (SSSR count). The van der Waals surface area contributed by atoms with Gasteiger partial charge in [0.2, 0.25) is 0 Å². The number of hydrogen-bond donors (Lipinski definition) is 1. The highest BCUT2D eigenvalue weighted by Crippen LogP contribution is 2.24. The van der Waals surface area contributed by atoms with Gasteiger partial charge in [0.1, 0.15) is 0 Å². The van der Waals surface area contributed by atoms with Gasteiger partial charge in [0.25, 0.3) is 5.91 Å². The van der Waals surface area contributed by atoms with Crippen LogP contribution in [0.2, 0.25) is 5.02 Å². The quantitative estimate of drug-likeness (QED) is 0.930. The number of carbonyl (C=O) groups is 2. The predicted molar refractivity (Wildman–Crippen MR) is 78.8 cm³/mol. The van der Waals surface area contributed by atoms with Crippen LogP contribution < -0.4 is 0 Å². The van der Waals surface area contributed by atoms with Gasteiger partial charge in [0.15, 0.2) is 0 Å². The summed E-state index contributed by atoms with van der Waals surface area (Å²) >= 11 is 6.17. The standard InChI is InChI=1S/C15H18ClNO4/c1-9-5-12(13(16)6-10(9)2)15(20)17-3-4-21-8-11(17)7-14(18)19/h5-6,11H,3-4,7-8H2,1-2H3,(H,18,19). The molecule has 114 valence electrons. The lowest BCUT2D eigenvalue weighted by atomic mass is 10.0. The fourth-order valence-electron chi connectivity index (χ4n) is 2.39. The van der Waals surface area contributed by atoms with Gasteiger partial charge in [-0.3, -0.25) is 9.59 Å². The highest BCUT2D eigenvalue weighted by molar-refractivity contribution is 6.34.